The zero-order valence-electron chi connectivity index (χ0n) is 7.82. The summed E-state index contributed by atoms with van der Waals surface area (Å²) in [5, 5.41) is 0. The first-order chi connectivity index (χ1) is 5.48. The van der Waals surface area contributed by atoms with Crippen molar-refractivity contribution in [3.05, 3.63) is 0 Å². The van der Waals surface area contributed by atoms with Gasteiger partial charge in [-0.1, -0.05) is 13.3 Å². The average Bonchev–Trinajstić information content (AvgIpc) is 1.84. The topological polar surface area (TPSA) is 38.7 Å². The highest BCUT2D eigenvalue weighted by atomic mass is 32.5. The molecule has 0 bridgehead atoms. The number of unbranched alkanes of at least 4 members (excludes halogenated alkanes) is 1. The maximum atomic E-state index is 9.39. The lowest BCUT2D eigenvalue weighted by Crippen LogP contribution is -2.03. The Morgan fingerprint density at radius 1 is 1.50 bits per heavy atom. The lowest BCUT2D eigenvalue weighted by Gasteiger charge is -2.17. The fourth-order valence-corrected chi connectivity index (χ4v) is 2.31. The van der Waals surface area contributed by atoms with Crippen molar-refractivity contribution in [2.24, 2.45) is 0 Å². The van der Waals surface area contributed by atoms with Crippen LogP contribution in [0.1, 0.15) is 33.6 Å². The molecule has 0 aliphatic rings. The van der Waals surface area contributed by atoms with Gasteiger partial charge in [0.05, 0.1) is 12.7 Å². The van der Waals surface area contributed by atoms with E-state index in [1.165, 1.54) is 0 Å². The molecule has 0 spiro atoms. The van der Waals surface area contributed by atoms with Gasteiger partial charge in [0, 0.05) is 0 Å². The second kappa shape index (κ2) is 6.06. The summed E-state index contributed by atoms with van der Waals surface area (Å²) in [4.78, 5) is 9.39. The van der Waals surface area contributed by atoms with E-state index in [9.17, 15) is 4.89 Å². The van der Waals surface area contributed by atoms with E-state index < -0.39 is 6.72 Å². The van der Waals surface area contributed by atoms with Gasteiger partial charge >= 0.3 is 6.72 Å². The van der Waals surface area contributed by atoms with Gasteiger partial charge in [0.15, 0.2) is 0 Å². The van der Waals surface area contributed by atoms with Crippen LogP contribution in [0, 0.1) is 0 Å². The first-order valence-corrected chi connectivity index (χ1v) is 6.72. The van der Waals surface area contributed by atoms with Crippen molar-refractivity contribution < 1.29 is 13.9 Å². The third-order valence-corrected chi connectivity index (χ3v) is 2.87. The van der Waals surface area contributed by atoms with E-state index in [-0.39, 0.29) is 6.10 Å². The third kappa shape index (κ3) is 7.19. The highest BCUT2D eigenvalue weighted by Gasteiger charge is 2.15. The molecule has 0 rings (SSSR count). The van der Waals surface area contributed by atoms with Crippen LogP contribution >= 0.6 is 6.72 Å². The lowest BCUT2D eigenvalue weighted by atomic mass is 10.4. The molecule has 0 aromatic carbocycles. The molecule has 0 amide bonds. The van der Waals surface area contributed by atoms with Crippen LogP contribution < -0.4 is 0 Å². The summed E-state index contributed by atoms with van der Waals surface area (Å²) in [5.41, 5.74) is 0. The molecule has 0 aliphatic carbocycles. The van der Waals surface area contributed by atoms with Gasteiger partial charge in [-0.25, -0.2) is 0 Å². The number of rotatable bonds is 6. The molecule has 0 heterocycles. The quantitative estimate of drug-likeness (QED) is 0.542. The minimum atomic E-state index is -2.95. The Bertz CT molecular complexity index is 161. The zero-order chi connectivity index (χ0) is 9.61. The van der Waals surface area contributed by atoms with Crippen molar-refractivity contribution >= 4 is 18.5 Å². The highest BCUT2D eigenvalue weighted by molar-refractivity contribution is 8.07. The Balaban J connectivity index is 3.64. The van der Waals surface area contributed by atoms with Crippen molar-refractivity contribution in [1.82, 2.24) is 0 Å². The van der Waals surface area contributed by atoms with Crippen molar-refractivity contribution in [2.75, 3.05) is 6.61 Å². The third-order valence-electron chi connectivity index (χ3n) is 1.10. The zero-order valence-corrected chi connectivity index (χ0v) is 9.53. The molecule has 0 fully saturated rings. The summed E-state index contributed by atoms with van der Waals surface area (Å²) in [6.45, 7) is 3.23. The van der Waals surface area contributed by atoms with Crippen LogP contribution in [0.15, 0.2) is 0 Å². The fraction of sp³-hybridized carbons (Fsp3) is 1.00. The summed E-state index contributed by atoms with van der Waals surface area (Å²) in [7, 11) is 0. The van der Waals surface area contributed by atoms with E-state index in [4.69, 9.17) is 20.9 Å². The van der Waals surface area contributed by atoms with Crippen LogP contribution in [0.5, 0.6) is 0 Å². The second-order valence-corrected chi connectivity index (χ2v) is 5.60. The molecule has 0 aromatic heterocycles. The van der Waals surface area contributed by atoms with Gasteiger partial charge in [0.25, 0.3) is 0 Å². The Morgan fingerprint density at radius 3 is 2.50 bits per heavy atom. The van der Waals surface area contributed by atoms with Crippen LogP contribution in [-0.2, 0) is 20.9 Å². The molecular formula is C7H17O3PS. The Hall–Kier alpha value is 0.530. The Morgan fingerprint density at radius 2 is 2.08 bits per heavy atom. The van der Waals surface area contributed by atoms with E-state index >= 15 is 0 Å². The van der Waals surface area contributed by atoms with E-state index in [1.54, 1.807) is 0 Å². The van der Waals surface area contributed by atoms with Gasteiger partial charge in [0.1, 0.15) is 0 Å². The van der Waals surface area contributed by atoms with Crippen LogP contribution in [0.2, 0.25) is 0 Å². The first kappa shape index (κ1) is 12.5. The summed E-state index contributed by atoms with van der Waals surface area (Å²) in [6.07, 6.45) is 1.85. The number of hydrogen-bond donors (Lipinski definition) is 1. The molecule has 0 radical (unpaired) electrons. The first-order valence-electron chi connectivity index (χ1n) is 4.13. The van der Waals surface area contributed by atoms with Gasteiger partial charge < -0.3 is 13.9 Å². The van der Waals surface area contributed by atoms with Crippen molar-refractivity contribution in [2.45, 2.75) is 39.7 Å². The maximum absolute atomic E-state index is 9.39. The van der Waals surface area contributed by atoms with E-state index in [0.717, 1.165) is 12.8 Å². The number of hydrogen-bond acceptors (Lipinski definition) is 3. The molecule has 3 nitrogen and oxygen atoms in total. The molecule has 0 saturated carbocycles. The molecule has 74 valence electrons. The van der Waals surface area contributed by atoms with Crippen LogP contribution in [0.3, 0.4) is 0 Å². The lowest BCUT2D eigenvalue weighted by molar-refractivity contribution is 0.160. The van der Waals surface area contributed by atoms with Crippen molar-refractivity contribution in [3.8, 4) is 0 Å². The van der Waals surface area contributed by atoms with Crippen molar-refractivity contribution in [3.63, 3.8) is 0 Å². The molecular weight excluding hydrogens is 195 g/mol. The second-order valence-electron chi connectivity index (χ2n) is 2.81. The van der Waals surface area contributed by atoms with Gasteiger partial charge in [-0.15, -0.1) is 0 Å². The molecule has 0 aliphatic heterocycles. The van der Waals surface area contributed by atoms with Gasteiger partial charge in [0.2, 0.25) is 0 Å². The predicted octanol–water partition coefficient (Wildman–Crippen LogP) is 2.44. The molecule has 1 N–H and O–H groups in total. The molecule has 1 atom stereocenters. The van der Waals surface area contributed by atoms with Crippen molar-refractivity contribution in [1.29, 1.82) is 0 Å². The van der Waals surface area contributed by atoms with Gasteiger partial charge in [-0.05, 0) is 32.1 Å². The fourth-order valence-electron chi connectivity index (χ4n) is 0.621. The highest BCUT2D eigenvalue weighted by Crippen LogP contribution is 2.44. The van der Waals surface area contributed by atoms with Crippen LogP contribution in [0.4, 0.5) is 0 Å². The van der Waals surface area contributed by atoms with Gasteiger partial charge in [-0.3, -0.25) is 0 Å². The van der Waals surface area contributed by atoms with Crippen LogP contribution in [-0.4, -0.2) is 17.6 Å². The minimum absolute atomic E-state index is 0.0811. The summed E-state index contributed by atoms with van der Waals surface area (Å²) < 4.78 is 10.1. The molecule has 12 heavy (non-hydrogen) atoms. The van der Waals surface area contributed by atoms with E-state index in [2.05, 4.69) is 0 Å². The van der Waals surface area contributed by atoms with Crippen LogP contribution in [0.25, 0.3) is 0 Å². The summed E-state index contributed by atoms with van der Waals surface area (Å²) in [6, 6.07) is 0. The minimum Gasteiger partial charge on any atom is -0.324 e. The molecule has 1 unspecified atom stereocenters. The maximum Gasteiger partial charge on any atom is 0.324 e. The smallest absolute Gasteiger partial charge is 0.324 e. The summed E-state index contributed by atoms with van der Waals surface area (Å²) in [5.74, 6) is 0. The molecule has 0 aromatic rings. The molecule has 0 saturated heterocycles. The Kier molecular flexibility index (Phi) is 6.32. The van der Waals surface area contributed by atoms with Gasteiger partial charge in [-0.2, -0.15) is 0 Å². The largest absolute Gasteiger partial charge is 0.324 e. The van der Waals surface area contributed by atoms with E-state index in [1.807, 2.05) is 20.8 Å². The Labute approximate surface area is 79.3 Å². The predicted molar refractivity (Wildman–Crippen MR) is 53.6 cm³/mol. The normalized spacial score (nSPS) is 16.4. The van der Waals surface area contributed by atoms with E-state index in [0.29, 0.717) is 6.61 Å². The SMILES string of the molecule is CCCCOP(O)(=S)OC(C)C. The molecule has 5 heteroatoms. The monoisotopic (exact) mass is 212 g/mol. The summed E-state index contributed by atoms with van der Waals surface area (Å²) >= 11 is 4.76. The average molecular weight is 212 g/mol. The standard InChI is InChI=1S/C7H17O3PS/c1-4-5-6-9-11(8,12)10-7(2)3/h7H,4-6H2,1-3H3,(H,8,12).